The lowest BCUT2D eigenvalue weighted by atomic mass is 10.1. The van der Waals surface area contributed by atoms with Crippen LogP contribution in [0.5, 0.6) is 5.88 Å². The third-order valence-corrected chi connectivity index (χ3v) is 5.45. The van der Waals surface area contributed by atoms with E-state index in [1.54, 1.807) is 18.6 Å². The van der Waals surface area contributed by atoms with Crippen LogP contribution in [0.4, 0.5) is 0 Å². The fourth-order valence-electron chi connectivity index (χ4n) is 4.24. The second kappa shape index (κ2) is 6.70. The molecule has 8 nitrogen and oxygen atoms in total. The molecule has 2 aliphatic rings. The molecule has 1 amide bonds. The van der Waals surface area contributed by atoms with Gasteiger partial charge >= 0.3 is 0 Å². The third-order valence-electron chi connectivity index (χ3n) is 5.45. The fourth-order valence-corrected chi connectivity index (χ4v) is 4.24. The molecule has 5 rings (SSSR count). The summed E-state index contributed by atoms with van der Waals surface area (Å²) in [5.74, 6) is 1.46. The van der Waals surface area contributed by atoms with Gasteiger partial charge in [-0.05, 0) is 43.9 Å². The highest BCUT2D eigenvalue weighted by Gasteiger charge is 2.48. The molecular formula is C20H20N6O2. The van der Waals surface area contributed by atoms with E-state index in [0.717, 1.165) is 25.1 Å². The first-order valence-electron chi connectivity index (χ1n) is 9.42. The van der Waals surface area contributed by atoms with Gasteiger partial charge in [0.15, 0.2) is 5.82 Å². The summed E-state index contributed by atoms with van der Waals surface area (Å²) in [6.07, 6.45) is 6.73. The number of amides is 1. The number of aryl methyl sites for hydroxylation is 1. The molecule has 4 heterocycles. The van der Waals surface area contributed by atoms with Crippen LogP contribution < -0.4 is 4.74 Å². The van der Waals surface area contributed by atoms with Crippen molar-refractivity contribution in [2.24, 2.45) is 5.92 Å². The van der Waals surface area contributed by atoms with E-state index in [0.29, 0.717) is 23.2 Å². The predicted molar refractivity (Wildman–Crippen MR) is 100 cm³/mol. The van der Waals surface area contributed by atoms with Crippen LogP contribution in [-0.4, -0.2) is 54.5 Å². The first-order valence-corrected chi connectivity index (χ1v) is 9.42. The predicted octanol–water partition coefficient (Wildman–Crippen LogP) is 2.05. The average Bonchev–Trinajstić information content (AvgIpc) is 3.45. The first kappa shape index (κ1) is 16.9. The Balaban J connectivity index is 1.42. The van der Waals surface area contributed by atoms with Crippen LogP contribution in [0.3, 0.4) is 0 Å². The summed E-state index contributed by atoms with van der Waals surface area (Å²) in [4.78, 5) is 25.5. The molecule has 0 aromatic carbocycles. The van der Waals surface area contributed by atoms with Crippen molar-refractivity contribution in [3.05, 3.63) is 60.2 Å². The minimum absolute atomic E-state index is 0.0396. The van der Waals surface area contributed by atoms with Crippen molar-refractivity contribution >= 4 is 5.91 Å². The molecular weight excluding hydrogens is 356 g/mol. The normalized spacial score (nSPS) is 23.2. The zero-order chi connectivity index (χ0) is 19.1. The van der Waals surface area contributed by atoms with Crippen LogP contribution in [0.2, 0.25) is 0 Å². The van der Waals surface area contributed by atoms with Crippen LogP contribution >= 0.6 is 0 Å². The molecule has 1 saturated carbocycles. The standard InChI is InChI=1S/C20H20N6O2/c1-13-5-6-15(19(24-13)26-22-8-9-23-26)20(27)25-12-14-10-16(25)17(11-14)28-18-4-2-3-7-21-18/h2-9,14,16-17H,10-12H2,1H3. The summed E-state index contributed by atoms with van der Waals surface area (Å²) < 4.78 is 6.10. The van der Waals surface area contributed by atoms with Crippen molar-refractivity contribution in [3.63, 3.8) is 0 Å². The molecule has 0 radical (unpaired) electrons. The highest BCUT2D eigenvalue weighted by Crippen LogP contribution is 2.40. The Bertz CT molecular complexity index is 991. The number of hydrogen-bond acceptors (Lipinski definition) is 6. The van der Waals surface area contributed by atoms with Crippen LogP contribution in [-0.2, 0) is 0 Å². The van der Waals surface area contributed by atoms with Gasteiger partial charge in [0.2, 0.25) is 5.88 Å². The second-order valence-electron chi connectivity index (χ2n) is 7.33. The molecule has 28 heavy (non-hydrogen) atoms. The summed E-state index contributed by atoms with van der Waals surface area (Å²) in [6.45, 7) is 2.63. The highest BCUT2D eigenvalue weighted by atomic mass is 16.5. The van der Waals surface area contributed by atoms with Crippen LogP contribution in [0.25, 0.3) is 5.82 Å². The van der Waals surface area contributed by atoms with E-state index in [9.17, 15) is 4.79 Å². The van der Waals surface area contributed by atoms with Gasteiger partial charge in [-0.1, -0.05) is 6.07 Å². The third kappa shape index (κ3) is 2.90. The molecule has 1 saturated heterocycles. The smallest absolute Gasteiger partial charge is 0.258 e. The molecule has 8 heteroatoms. The molecule has 3 aromatic heterocycles. The van der Waals surface area contributed by atoms with Gasteiger partial charge in [0.1, 0.15) is 6.10 Å². The number of ether oxygens (including phenoxy) is 1. The quantitative estimate of drug-likeness (QED) is 0.693. The average molecular weight is 376 g/mol. The summed E-state index contributed by atoms with van der Waals surface area (Å²) in [6, 6.07) is 9.31. The number of carbonyl (C=O) groups excluding carboxylic acids is 1. The molecule has 1 aliphatic carbocycles. The van der Waals surface area contributed by atoms with Gasteiger partial charge in [-0.25, -0.2) is 9.97 Å². The maximum atomic E-state index is 13.4. The summed E-state index contributed by atoms with van der Waals surface area (Å²) >= 11 is 0. The Morgan fingerprint density at radius 2 is 1.96 bits per heavy atom. The van der Waals surface area contributed by atoms with Gasteiger partial charge in [0, 0.05) is 24.5 Å². The Morgan fingerprint density at radius 3 is 2.71 bits per heavy atom. The highest BCUT2D eigenvalue weighted by molar-refractivity contribution is 5.97. The van der Waals surface area contributed by atoms with Crippen molar-refractivity contribution in [1.29, 1.82) is 0 Å². The van der Waals surface area contributed by atoms with E-state index in [4.69, 9.17) is 4.74 Å². The van der Waals surface area contributed by atoms with Crippen LogP contribution in [0, 0.1) is 12.8 Å². The van der Waals surface area contributed by atoms with Gasteiger partial charge in [-0.3, -0.25) is 4.79 Å². The van der Waals surface area contributed by atoms with Gasteiger partial charge < -0.3 is 9.64 Å². The first-order chi connectivity index (χ1) is 13.7. The molecule has 3 aromatic rings. The lowest BCUT2D eigenvalue weighted by Crippen LogP contribution is -2.47. The minimum atomic E-state index is -0.0541. The lowest BCUT2D eigenvalue weighted by molar-refractivity contribution is 0.0466. The monoisotopic (exact) mass is 376 g/mol. The Kier molecular flexibility index (Phi) is 4.03. The zero-order valence-corrected chi connectivity index (χ0v) is 15.5. The number of likely N-dealkylation sites (tertiary alicyclic amines) is 1. The van der Waals surface area contributed by atoms with E-state index in [1.807, 2.05) is 42.2 Å². The van der Waals surface area contributed by atoms with Gasteiger partial charge in [-0.2, -0.15) is 10.2 Å². The summed E-state index contributed by atoms with van der Waals surface area (Å²) in [7, 11) is 0. The maximum absolute atomic E-state index is 13.4. The van der Waals surface area contributed by atoms with Crippen molar-refractivity contribution in [3.8, 4) is 11.7 Å². The maximum Gasteiger partial charge on any atom is 0.258 e. The number of nitrogens with zero attached hydrogens (tertiary/aromatic N) is 6. The number of carbonyl (C=O) groups is 1. The molecule has 1 aliphatic heterocycles. The minimum Gasteiger partial charge on any atom is -0.472 e. The number of pyridine rings is 2. The van der Waals surface area contributed by atoms with Gasteiger partial charge in [0.05, 0.1) is 24.0 Å². The van der Waals surface area contributed by atoms with Crippen molar-refractivity contribution in [2.75, 3.05) is 6.54 Å². The van der Waals surface area contributed by atoms with E-state index >= 15 is 0 Å². The molecule has 3 atom stereocenters. The number of aromatic nitrogens is 5. The fraction of sp³-hybridized carbons (Fsp3) is 0.350. The molecule has 3 unspecified atom stereocenters. The largest absolute Gasteiger partial charge is 0.472 e. The van der Waals surface area contributed by atoms with E-state index < -0.39 is 0 Å². The lowest BCUT2D eigenvalue weighted by Gasteiger charge is -2.33. The zero-order valence-electron chi connectivity index (χ0n) is 15.5. The molecule has 2 fully saturated rings. The molecule has 0 spiro atoms. The Hall–Kier alpha value is -3.29. The topological polar surface area (TPSA) is 86.0 Å². The van der Waals surface area contributed by atoms with Crippen LogP contribution in [0.15, 0.2) is 48.9 Å². The second-order valence-corrected chi connectivity index (χ2v) is 7.33. The molecule has 0 N–H and O–H groups in total. The van der Waals surface area contributed by atoms with Gasteiger partial charge in [0.25, 0.3) is 5.91 Å². The van der Waals surface area contributed by atoms with Crippen LogP contribution in [0.1, 0.15) is 28.9 Å². The number of fused-ring (bicyclic) bond motifs is 2. The Labute approximate surface area is 162 Å². The van der Waals surface area contributed by atoms with E-state index in [1.165, 1.54) is 4.80 Å². The molecule has 142 valence electrons. The van der Waals surface area contributed by atoms with Crippen molar-refractivity contribution in [2.45, 2.75) is 31.9 Å². The summed E-state index contributed by atoms with van der Waals surface area (Å²) in [5.41, 5.74) is 1.31. The number of piperidine rings is 1. The Morgan fingerprint density at radius 1 is 1.11 bits per heavy atom. The summed E-state index contributed by atoms with van der Waals surface area (Å²) in [5, 5.41) is 8.31. The number of hydrogen-bond donors (Lipinski definition) is 0. The van der Waals surface area contributed by atoms with Crippen molar-refractivity contribution < 1.29 is 9.53 Å². The van der Waals surface area contributed by atoms with E-state index in [2.05, 4.69) is 20.2 Å². The van der Waals surface area contributed by atoms with E-state index in [-0.39, 0.29) is 18.1 Å². The van der Waals surface area contributed by atoms with Gasteiger partial charge in [-0.15, -0.1) is 4.80 Å². The van der Waals surface area contributed by atoms with Crippen molar-refractivity contribution in [1.82, 2.24) is 29.9 Å². The SMILES string of the molecule is Cc1ccc(C(=O)N2CC3CC(Oc4ccccn4)C2C3)c(-n2nccn2)n1. The number of rotatable bonds is 4. The molecule has 2 bridgehead atoms.